The lowest BCUT2D eigenvalue weighted by Crippen LogP contribution is -2.37. The van der Waals surface area contributed by atoms with Crippen LogP contribution in [0.4, 0.5) is 0 Å². The number of aryl methyl sites for hydroxylation is 1. The van der Waals surface area contributed by atoms with E-state index in [0.717, 1.165) is 18.4 Å². The number of halogens is 1. The predicted molar refractivity (Wildman–Crippen MR) is 85.4 cm³/mol. The first-order chi connectivity index (χ1) is 11.0. The van der Waals surface area contributed by atoms with Crippen LogP contribution in [0.15, 0.2) is 6.07 Å². The fourth-order valence-electron chi connectivity index (χ4n) is 3.30. The Morgan fingerprint density at radius 1 is 1.48 bits per heavy atom. The molecular weight excluding hydrogens is 318 g/mol. The molecule has 2 atom stereocenters. The summed E-state index contributed by atoms with van der Waals surface area (Å²) in [7, 11) is 0. The Morgan fingerprint density at radius 2 is 2.26 bits per heavy atom. The zero-order valence-corrected chi connectivity index (χ0v) is 13.8. The summed E-state index contributed by atoms with van der Waals surface area (Å²) in [4.78, 5) is 14.7. The third kappa shape index (κ3) is 2.66. The van der Waals surface area contributed by atoms with Crippen molar-refractivity contribution < 1.29 is 19.4 Å². The van der Waals surface area contributed by atoms with Gasteiger partial charge < -0.3 is 19.5 Å². The lowest BCUT2D eigenvalue weighted by atomic mass is 10.1. The third-order valence-corrected chi connectivity index (χ3v) is 5.29. The molecule has 6 heteroatoms. The Bertz CT molecular complexity index is 658. The molecule has 1 N–H and O–H groups in total. The van der Waals surface area contributed by atoms with E-state index < -0.39 is 6.10 Å². The van der Waals surface area contributed by atoms with Crippen LogP contribution in [0.5, 0.6) is 11.5 Å². The molecule has 5 nitrogen and oxygen atoms in total. The fourth-order valence-corrected chi connectivity index (χ4v) is 3.50. The van der Waals surface area contributed by atoms with Crippen LogP contribution in [-0.2, 0) is 0 Å². The van der Waals surface area contributed by atoms with Gasteiger partial charge in [-0.2, -0.15) is 0 Å². The van der Waals surface area contributed by atoms with Crippen molar-refractivity contribution in [2.24, 2.45) is 5.92 Å². The molecule has 1 aromatic rings. The number of nitrogens with zero attached hydrogens (tertiary/aromatic N) is 1. The van der Waals surface area contributed by atoms with Gasteiger partial charge in [0.1, 0.15) is 17.9 Å². The molecule has 2 heterocycles. The number of benzene rings is 1. The van der Waals surface area contributed by atoms with Gasteiger partial charge in [-0.25, -0.2) is 0 Å². The van der Waals surface area contributed by atoms with Crippen molar-refractivity contribution in [3.8, 4) is 11.5 Å². The lowest BCUT2D eigenvalue weighted by Gasteiger charge is -2.21. The van der Waals surface area contributed by atoms with Gasteiger partial charge in [-0.15, -0.1) is 0 Å². The standard InChI is InChI=1S/C17H20ClNO4/c1-9-4-13-14(16(15(9)18)23-7-10-2-3-10)17(21)19-6-12(20)5-11(19)8-22-13/h4,10-12,20H,2-3,5-8H2,1H3/t11-,12+/m1/s1. The van der Waals surface area contributed by atoms with E-state index in [-0.39, 0.29) is 11.9 Å². The van der Waals surface area contributed by atoms with Crippen LogP contribution in [0.25, 0.3) is 0 Å². The first-order valence-corrected chi connectivity index (χ1v) is 8.50. The second kappa shape index (κ2) is 5.56. The molecule has 1 saturated heterocycles. The Balaban J connectivity index is 1.75. The van der Waals surface area contributed by atoms with Gasteiger partial charge in [-0.1, -0.05) is 11.6 Å². The summed E-state index contributed by atoms with van der Waals surface area (Å²) in [6, 6.07) is 1.71. The molecule has 0 radical (unpaired) electrons. The van der Waals surface area contributed by atoms with Crippen molar-refractivity contribution in [3.63, 3.8) is 0 Å². The summed E-state index contributed by atoms with van der Waals surface area (Å²) in [5, 5.41) is 10.3. The van der Waals surface area contributed by atoms with E-state index >= 15 is 0 Å². The van der Waals surface area contributed by atoms with E-state index in [1.807, 2.05) is 6.92 Å². The van der Waals surface area contributed by atoms with Gasteiger partial charge >= 0.3 is 0 Å². The number of carbonyl (C=O) groups is 1. The van der Waals surface area contributed by atoms with E-state index in [1.54, 1.807) is 11.0 Å². The maximum absolute atomic E-state index is 13.0. The molecule has 1 amide bonds. The van der Waals surface area contributed by atoms with Crippen molar-refractivity contribution in [1.82, 2.24) is 4.90 Å². The molecule has 1 aromatic carbocycles. The quantitative estimate of drug-likeness (QED) is 0.920. The highest BCUT2D eigenvalue weighted by Crippen LogP contribution is 2.43. The third-order valence-electron chi connectivity index (χ3n) is 4.83. The Hall–Kier alpha value is -1.46. The summed E-state index contributed by atoms with van der Waals surface area (Å²) < 4.78 is 11.8. The minimum Gasteiger partial charge on any atom is -0.491 e. The van der Waals surface area contributed by atoms with Crippen molar-refractivity contribution in [3.05, 3.63) is 22.2 Å². The van der Waals surface area contributed by atoms with E-state index in [2.05, 4.69) is 0 Å². The number of aliphatic hydroxyl groups excluding tert-OH is 1. The molecule has 1 saturated carbocycles. The highest BCUT2D eigenvalue weighted by atomic mass is 35.5. The van der Waals surface area contributed by atoms with Crippen LogP contribution in [0.1, 0.15) is 35.2 Å². The molecule has 2 aliphatic heterocycles. The van der Waals surface area contributed by atoms with Crippen LogP contribution in [0.2, 0.25) is 5.02 Å². The van der Waals surface area contributed by atoms with Crippen molar-refractivity contribution in [2.45, 2.75) is 38.3 Å². The second-order valence-corrected chi connectivity index (χ2v) is 7.15. The van der Waals surface area contributed by atoms with Gasteiger partial charge in [0.05, 0.1) is 23.8 Å². The normalized spacial score (nSPS) is 26.4. The Morgan fingerprint density at radius 3 is 3.00 bits per heavy atom. The van der Waals surface area contributed by atoms with Crippen LogP contribution >= 0.6 is 11.6 Å². The van der Waals surface area contributed by atoms with Crippen molar-refractivity contribution >= 4 is 17.5 Å². The fraction of sp³-hybridized carbons (Fsp3) is 0.588. The molecule has 1 aliphatic carbocycles. The van der Waals surface area contributed by atoms with Gasteiger partial charge in [-0.05, 0) is 43.7 Å². The minimum absolute atomic E-state index is 0.0970. The van der Waals surface area contributed by atoms with Gasteiger partial charge in [-0.3, -0.25) is 4.79 Å². The van der Waals surface area contributed by atoms with Gasteiger partial charge in [0, 0.05) is 6.54 Å². The smallest absolute Gasteiger partial charge is 0.261 e. The largest absolute Gasteiger partial charge is 0.491 e. The zero-order valence-electron chi connectivity index (χ0n) is 13.0. The summed E-state index contributed by atoms with van der Waals surface area (Å²) in [6.07, 6.45) is 2.38. The molecule has 124 valence electrons. The van der Waals surface area contributed by atoms with Gasteiger partial charge in [0.25, 0.3) is 5.91 Å². The lowest BCUT2D eigenvalue weighted by molar-refractivity contribution is 0.0706. The molecule has 3 aliphatic rings. The van der Waals surface area contributed by atoms with Crippen molar-refractivity contribution in [1.29, 1.82) is 0 Å². The summed E-state index contributed by atoms with van der Waals surface area (Å²) in [5.74, 6) is 1.37. The molecule has 0 spiro atoms. The van der Waals surface area contributed by atoms with Crippen LogP contribution < -0.4 is 9.47 Å². The number of carbonyl (C=O) groups excluding carboxylic acids is 1. The Labute approximate surface area is 140 Å². The summed E-state index contributed by atoms with van der Waals surface area (Å²) in [6.45, 7) is 3.18. The van der Waals surface area contributed by atoms with Crippen LogP contribution in [0.3, 0.4) is 0 Å². The highest BCUT2D eigenvalue weighted by molar-refractivity contribution is 6.33. The number of ether oxygens (including phenoxy) is 2. The number of aliphatic hydroxyl groups is 1. The summed E-state index contributed by atoms with van der Waals surface area (Å²) in [5.41, 5.74) is 1.24. The van der Waals surface area contributed by atoms with Crippen LogP contribution in [0, 0.1) is 12.8 Å². The monoisotopic (exact) mass is 337 g/mol. The van der Waals surface area contributed by atoms with E-state index in [0.29, 0.717) is 54.2 Å². The van der Waals surface area contributed by atoms with Crippen molar-refractivity contribution in [2.75, 3.05) is 19.8 Å². The molecule has 23 heavy (non-hydrogen) atoms. The molecule has 0 aromatic heterocycles. The summed E-state index contributed by atoms with van der Waals surface area (Å²) >= 11 is 6.42. The predicted octanol–water partition coefficient (Wildman–Crippen LogP) is 2.41. The van der Waals surface area contributed by atoms with E-state index in [1.165, 1.54) is 0 Å². The molecule has 0 bridgehead atoms. The van der Waals surface area contributed by atoms with Crippen LogP contribution in [-0.4, -0.2) is 47.8 Å². The average molecular weight is 338 g/mol. The maximum Gasteiger partial charge on any atom is 0.261 e. The maximum atomic E-state index is 13.0. The number of hydrogen-bond donors (Lipinski definition) is 1. The molecular formula is C17H20ClNO4. The number of fused-ring (bicyclic) bond motifs is 2. The molecule has 2 fully saturated rings. The number of hydrogen-bond acceptors (Lipinski definition) is 4. The van der Waals surface area contributed by atoms with Gasteiger partial charge in [0.2, 0.25) is 0 Å². The zero-order chi connectivity index (χ0) is 16.1. The topological polar surface area (TPSA) is 59.0 Å². The second-order valence-electron chi connectivity index (χ2n) is 6.78. The molecule has 0 unspecified atom stereocenters. The SMILES string of the molecule is Cc1cc2c(c(OCC3CC3)c1Cl)C(=O)N1C[C@@H](O)C[C@@H]1CO2. The average Bonchev–Trinajstić information content (AvgIpc) is 3.28. The molecule has 4 rings (SSSR count). The minimum atomic E-state index is -0.495. The highest BCUT2D eigenvalue weighted by Gasteiger charge is 2.40. The Kier molecular flexibility index (Phi) is 3.65. The number of amides is 1. The van der Waals surface area contributed by atoms with E-state index in [9.17, 15) is 9.90 Å². The van der Waals surface area contributed by atoms with E-state index in [4.69, 9.17) is 21.1 Å². The number of rotatable bonds is 3. The first kappa shape index (κ1) is 15.1. The van der Waals surface area contributed by atoms with Gasteiger partial charge in [0.15, 0.2) is 5.75 Å². The first-order valence-electron chi connectivity index (χ1n) is 8.12.